The molecule has 2 rings (SSSR count). The van der Waals surface area contributed by atoms with Crippen LogP contribution in [0.1, 0.15) is 31.8 Å². The molecule has 1 unspecified atom stereocenters. The van der Waals surface area contributed by atoms with Gasteiger partial charge in [-0.15, -0.1) is 11.3 Å². The zero-order chi connectivity index (χ0) is 14.9. The molecule has 2 N–H and O–H groups in total. The molecule has 106 valence electrons. The van der Waals surface area contributed by atoms with Gasteiger partial charge in [0.05, 0.1) is 10.6 Å². The summed E-state index contributed by atoms with van der Waals surface area (Å²) in [6.45, 7) is 3.74. The molecule has 0 bridgehead atoms. The molecule has 2 aromatic heterocycles. The first-order chi connectivity index (χ1) is 9.40. The van der Waals surface area contributed by atoms with E-state index in [-0.39, 0.29) is 5.91 Å². The molecule has 6 nitrogen and oxygen atoms in total. The van der Waals surface area contributed by atoms with E-state index in [1.54, 1.807) is 13.1 Å². The summed E-state index contributed by atoms with van der Waals surface area (Å²) < 4.78 is 1.44. The predicted octanol–water partition coefficient (Wildman–Crippen LogP) is 1.65. The van der Waals surface area contributed by atoms with E-state index in [2.05, 4.69) is 10.4 Å². The molecule has 0 aromatic carbocycles. The summed E-state index contributed by atoms with van der Waals surface area (Å²) in [5, 5.41) is 15.8. The zero-order valence-electron chi connectivity index (χ0n) is 11.4. The number of aromatic nitrogens is 2. The van der Waals surface area contributed by atoms with Gasteiger partial charge in [-0.1, -0.05) is 0 Å². The normalized spacial score (nSPS) is 12.2. The molecular weight excluding hydrogens is 278 g/mol. The Morgan fingerprint density at radius 3 is 2.60 bits per heavy atom. The Morgan fingerprint density at radius 2 is 2.15 bits per heavy atom. The summed E-state index contributed by atoms with van der Waals surface area (Å²) >= 11 is 1.35. The molecule has 7 heteroatoms. The Hall–Kier alpha value is -2.15. The number of amides is 1. The Bertz CT molecular complexity index is 660. The lowest BCUT2D eigenvalue weighted by molar-refractivity contribution is -0.139. The van der Waals surface area contributed by atoms with Crippen LogP contribution in [-0.2, 0) is 11.8 Å². The monoisotopic (exact) mass is 293 g/mol. The minimum atomic E-state index is -1.12. The van der Waals surface area contributed by atoms with Gasteiger partial charge < -0.3 is 10.4 Å². The van der Waals surface area contributed by atoms with Gasteiger partial charge in [0, 0.05) is 18.1 Å². The van der Waals surface area contributed by atoms with E-state index in [0.717, 1.165) is 10.4 Å². The number of carbonyl (C=O) groups is 2. The lowest BCUT2D eigenvalue weighted by Crippen LogP contribution is -2.34. The molecule has 20 heavy (non-hydrogen) atoms. The topological polar surface area (TPSA) is 84.2 Å². The van der Waals surface area contributed by atoms with Crippen LogP contribution in [0.2, 0.25) is 0 Å². The molecule has 2 heterocycles. The van der Waals surface area contributed by atoms with Crippen LogP contribution >= 0.6 is 11.3 Å². The number of rotatable bonds is 4. The van der Waals surface area contributed by atoms with Gasteiger partial charge in [0.25, 0.3) is 5.91 Å². The maximum absolute atomic E-state index is 12.2. The van der Waals surface area contributed by atoms with Gasteiger partial charge >= 0.3 is 5.97 Å². The van der Waals surface area contributed by atoms with Crippen LogP contribution in [0.5, 0.6) is 0 Å². The number of carbonyl (C=O) groups excluding carboxylic acids is 1. The SMILES string of the molecule is Cc1cc(C)c(C(=O)NC(C(=O)O)c2ccnn2C)s1. The molecule has 0 spiro atoms. The molecular formula is C13H15N3O3S. The van der Waals surface area contributed by atoms with Crippen molar-refractivity contribution in [3.63, 3.8) is 0 Å². The molecule has 0 saturated heterocycles. The van der Waals surface area contributed by atoms with Crippen LogP contribution in [-0.4, -0.2) is 26.8 Å². The van der Waals surface area contributed by atoms with Gasteiger partial charge in [-0.3, -0.25) is 9.48 Å². The smallest absolute Gasteiger partial charge is 0.332 e. The van der Waals surface area contributed by atoms with Crippen LogP contribution in [0.15, 0.2) is 18.3 Å². The average molecular weight is 293 g/mol. The molecule has 0 aliphatic rings. The van der Waals surface area contributed by atoms with Crippen LogP contribution in [0.3, 0.4) is 0 Å². The van der Waals surface area contributed by atoms with Gasteiger partial charge in [0.2, 0.25) is 0 Å². The van der Waals surface area contributed by atoms with E-state index in [1.165, 1.54) is 22.2 Å². The maximum Gasteiger partial charge on any atom is 0.332 e. The number of hydrogen-bond donors (Lipinski definition) is 2. The summed E-state index contributed by atoms with van der Waals surface area (Å²) in [6.07, 6.45) is 1.50. The van der Waals surface area contributed by atoms with Crippen molar-refractivity contribution in [1.29, 1.82) is 0 Å². The van der Waals surface area contributed by atoms with E-state index >= 15 is 0 Å². The minimum Gasteiger partial charge on any atom is -0.479 e. The number of thiophene rings is 1. The van der Waals surface area contributed by atoms with Crippen LogP contribution < -0.4 is 5.32 Å². The summed E-state index contributed by atoms with van der Waals surface area (Å²) in [6, 6.07) is 2.36. The number of carboxylic acids is 1. The highest BCUT2D eigenvalue weighted by Gasteiger charge is 2.26. The molecule has 0 aliphatic heterocycles. The summed E-state index contributed by atoms with van der Waals surface area (Å²) in [7, 11) is 1.64. The zero-order valence-corrected chi connectivity index (χ0v) is 12.2. The fraction of sp³-hybridized carbons (Fsp3) is 0.308. The third-order valence-corrected chi connectivity index (χ3v) is 4.08. The average Bonchev–Trinajstić information content (AvgIpc) is 2.91. The Labute approximate surface area is 120 Å². The van der Waals surface area contributed by atoms with Crippen molar-refractivity contribution in [2.75, 3.05) is 0 Å². The fourth-order valence-corrected chi connectivity index (χ4v) is 2.92. The first-order valence-electron chi connectivity index (χ1n) is 5.98. The van der Waals surface area contributed by atoms with Crippen molar-refractivity contribution in [3.8, 4) is 0 Å². The molecule has 0 fully saturated rings. The van der Waals surface area contributed by atoms with E-state index in [4.69, 9.17) is 0 Å². The summed E-state index contributed by atoms with van der Waals surface area (Å²) in [5.41, 5.74) is 1.27. The number of nitrogens with zero attached hydrogens (tertiary/aromatic N) is 2. The molecule has 0 radical (unpaired) electrons. The Kier molecular flexibility index (Phi) is 3.89. The maximum atomic E-state index is 12.2. The predicted molar refractivity (Wildman–Crippen MR) is 74.8 cm³/mol. The number of aliphatic carboxylic acids is 1. The molecule has 1 atom stereocenters. The third kappa shape index (κ3) is 2.72. The van der Waals surface area contributed by atoms with Gasteiger partial charge in [0.1, 0.15) is 0 Å². The van der Waals surface area contributed by atoms with Crippen LogP contribution in [0.4, 0.5) is 0 Å². The second kappa shape index (κ2) is 5.46. The van der Waals surface area contributed by atoms with E-state index < -0.39 is 12.0 Å². The first-order valence-corrected chi connectivity index (χ1v) is 6.80. The lowest BCUT2D eigenvalue weighted by Gasteiger charge is -2.14. The van der Waals surface area contributed by atoms with Crippen molar-refractivity contribution in [2.24, 2.45) is 7.05 Å². The van der Waals surface area contributed by atoms with E-state index in [9.17, 15) is 14.7 Å². The minimum absolute atomic E-state index is 0.380. The fourth-order valence-electron chi connectivity index (χ4n) is 1.99. The second-order valence-corrected chi connectivity index (χ2v) is 5.75. The van der Waals surface area contributed by atoms with E-state index in [0.29, 0.717) is 10.6 Å². The van der Waals surface area contributed by atoms with Gasteiger partial charge in [0.15, 0.2) is 6.04 Å². The molecule has 2 aromatic rings. The highest BCUT2D eigenvalue weighted by Crippen LogP contribution is 2.22. The quantitative estimate of drug-likeness (QED) is 0.897. The van der Waals surface area contributed by atoms with Crippen molar-refractivity contribution in [3.05, 3.63) is 39.3 Å². The van der Waals surface area contributed by atoms with Gasteiger partial charge in [-0.2, -0.15) is 5.10 Å². The largest absolute Gasteiger partial charge is 0.479 e. The van der Waals surface area contributed by atoms with Crippen molar-refractivity contribution in [1.82, 2.24) is 15.1 Å². The third-order valence-electron chi connectivity index (χ3n) is 2.92. The molecule has 0 saturated carbocycles. The van der Waals surface area contributed by atoms with Gasteiger partial charge in [-0.25, -0.2) is 4.79 Å². The first kappa shape index (κ1) is 14.3. The number of nitrogens with one attached hydrogen (secondary N) is 1. The molecule has 0 aliphatic carbocycles. The number of carboxylic acid groups (broad SMARTS) is 1. The van der Waals surface area contributed by atoms with Crippen molar-refractivity contribution >= 4 is 23.2 Å². The van der Waals surface area contributed by atoms with Crippen molar-refractivity contribution < 1.29 is 14.7 Å². The van der Waals surface area contributed by atoms with Crippen LogP contribution in [0, 0.1) is 13.8 Å². The summed E-state index contributed by atoms with van der Waals surface area (Å²) in [5.74, 6) is -1.50. The second-order valence-electron chi connectivity index (χ2n) is 4.49. The number of hydrogen-bond acceptors (Lipinski definition) is 4. The summed E-state index contributed by atoms with van der Waals surface area (Å²) in [4.78, 5) is 25.1. The number of aryl methyl sites for hydroxylation is 3. The highest BCUT2D eigenvalue weighted by atomic mass is 32.1. The molecule has 1 amide bonds. The Morgan fingerprint density at radius 1 is 1.45 bits per heavy atom. The van der Waals surface area contributed by atoms with Crippen LogP contribution in [0.25, 0.3) is 0 Å². The standard InChI is InChI=1S/C13H15N3O3S/c1-7-6-8(2)20-11(7)12(17)15-10(13(18)19)9-4-5-14-16(9)3/h4-6,10H,1-3H3,(H,15,17)(H,18,19). The Balaban J connectivity index is 2.26. The van der Waals surface area contributed by atoms with E-state index in [1.807, 2.05) is 19.9 Å². The van der Waals surface area contributed by atoms with Gasteiger partial charge in [-0.05, 0) is 31.5 Å². The highest BCUT2D eigenvalue weighted by molar-refractivity contribution is 7.14. The van der Waals surface area contributed by atoms with Crippen molar-refractivity contribution in [2.45, 2.75) is 19.9 Å². The lowest BCUT2D eigenvalue weighted by atomic mass is 10.2.